The fourth-order valence-electron chi connectivity index (χ4n) is 4.00. The molecule has 0 fully saturated rings. The normalized spacial score (nSPS) is 12.6. The minimum atomic E-state index is 0.727. The van der Waals surface area contributed by atoms with E-state index in [-0.39, 0.29) is 0 Å². The van der Waals surface area contributed by atoms with Crippen molar-refractivity contribution in [3.05, 3.63) is 59.9 Å². The van der Waals surface area contributed by atoms with Gasteiger partial charge in [0.25, 0.3) is 0 Å². The Bertz CT molecular complexity index is 1180. The predicted molar refractivity (Wildman–Crippen MR) is 121 cm³/mol. The highest BCUT2D eigenvalue weighted by atomic mass is 15.5. The Morgan fingerprint density at radius 1 is 0.933 bits per heavy atom. The number of H-pyrrole nitrogens is 1. The fourth-order valence-corrected chi connectivity index (χ4v) is 4.00. The van der Waals surface area contributed by atoms with Crippen LogP contribution in [0.25, 0.3) is 22.3 Å². The highest BCUT2D eigenvalue weighted by Gasteiger charge is 2.23. The van der Waals surface area contributed by atoms with E-state index in [2.05, 4.69) is 61.9 Å². The standard InChI is InChI=1S/C23H25N7/c1-3-30(4-2)29-19-13-12-18(16-10-11-17(16)19)26-22-20-21(15-8-6-5-7-9-15)27-28-23(20)25-14-24-22/h5-9,12-14,29H,3-4,10-11H2,1-2H3,(H2,24,25,26,27,28). The molecule has 152 valence electrons. The predicted octanol–water partition coefficient (Wildman–Crippen LogP) is 4.53. The van der Waals surface area contributed by atoms with E-state index < -0.39 is 0 Å². The number of aromatic nitrogens is 4. The third-order valence-electron chi connectivity index (χ3n) is 5.76. The number of anilines is 3. The lowest BCUT2D eigenvalue weighted by atomic mass is 9.85. The Balaban J connectivity index is 1.51. The summed E-state index contributed by atoms with van der Waals surface area (Å²) in [6.07, 6.45) is 3.73. The van der Waals surface area contributed by atoms with Gasteiger partial charge in [0.2, 0.25) is 0 Å². The Hall–Kier alpha value is -3.45. The molecule has 3 N–H and O–H groups in total. The monoisotopic (exact) mass is 399 g/mol. The molecule has 0 radical (unpaired) electrons. The van der Waals surface area contributed by atoms with Gasteiger partial charge in [0.1, 0.15) is 17.8 Å². The molecular formula is C23H25N7. The van der Waals surface area contributed by atoms with Crippen LogP contribution in [0.4, 0.5) is 17.2 Å². The van der Waals surface area contributed by atoms with Gasteiger partial charge in [-0.3, -0.25) is 5.10 Å². The number of rotatable bonds is 7. The average molecular weight is 400 g/mol. The number of fused-ring (bicyclic) bond motifs is 2. The second-order valence-corrected chi connectivity index (χ2v) is 7.41. The molecule has 1 aliphatic rings. The highest BCUT2D eigenvalue weighted by molar-refractivity contribution is 5.99. The van der Waals surface area contributed by atoms with E-state index in [4.69, 9.17) is 0 Å². The number of aromatic amines is 1. The maximum absolute atomic E-state index is 4.55. The molecule has 0 bridgehead atoms. The minimum absolute atomic E-state index is 0.727. The quantitative estimate of drug-likeness (QED) is 0.396. The third kappa shape index (κ3) is 3.17. The Labute approximate surface area is 175 Å². The number of nitrogens with zero attached hydrogens (tertiary/aromatic N) is 4. The van der Waals surface area contributed by atoms with Gasteiger partial charge < -0.3 is 10.7 Å². The largest absolute Gasteiger partial charge is 0.339 e. The summed E-state index contributed by atoms with van der Waals surface area (Å²) in [6.45, 7) is 6.25. The third-order valence-corrected chi connectivity index (χ3v) is 5.76. The summed E-state index contributed by atoms with van der Waals surface area (Å²) in [7, 11) is 0. The van der Waals surface area contributed by atoms with Crippen LogP contribution in [0.2, 0.25) is 0 Å². The zero-order valence-electron chi connectivity index (χ0n) is 17.2. The van der Waals surface area contributed by atoms with Crippen LogP contribution in [-0.4, -0.2) is 38.3 Å². The molecule has 0 atom stereocenters. The molecule has 1 aliphatic carbocycles. The lowest BCUT2D eigenvalue weighted by Crippen LogP contribution is -2.31. The average Bonchev–Trinajstić information content (AvgIpc) is 3.19. The van der Waals surface area contributed by atoms with E-state index in [1.165, 1.54) is 16.8 Å². The SMILES string of the molecule is CCN(CC)Nc1ccc(Nc2ncnc3[nH]nc(-c4ccccc4)c23)c2c1CC2. The molecular weight excluding hydrogens is 374 g/mol. The van der Waals surface area contributed by atoms with E-state index in [0.29, 0.717) is 0 Å². The summed E-state index contributed by atoms with van der Waals surface area (Å²) in [5.41, 5.74) is 11.2. The smallest absolute Gasteiger partial charge is 0.161 e. The van der Waals surface area contributed by atoms with Crippen molar-refractivity contribution in [2.24, 2.45) is 0 Å². The van der Waals surface area contributed by atoms with Crippen molar-refractivity contribution in [1.29, 1.82) is 0 Å². The lowest BCUT2D eigenvalue weighted by molar-refractivity contribution is 0.366. The highest BCUT2D eigenvalue weighted by Crippen LogP contribution is 2.39. The van der Waals surface area contributed by atoms with Gasteiger partial charge in [-0.2, -0.15) is 5.10 Å². The molecule has 0 amide bonds. The number of hydrogen-bond donors (Lipinski definition) is 3. The van der Waals surface area contributed by atoms with Crippen LogP contribution in [-0.2, 0) is 12.8 Å². The molecule has 0 unspecified atom stereocenters. The Morgan fingerprint density at radius 3 is 2.40 bits per heavy atom. The lowest BCUT2D eigenvalue weighted by Gasteiger charge is -2.30. The maximum atomic E-state index is 4.55. The van der Waals surface area contributed by atoms with E-state index in [1.807, 2.05) is 30.3 Å². The van der Waals surface area contributed by atoms with Crippen LogP contribution in [0.1, 0.15) is 25.0 Å². The summed E-state index contributed by atoms with van der Waals surface area (Å²) < 4.78 is 0. The first-order valence-corrected chi connectivity index (χ1v) is 10.5. The van der Waals surface area contributed by atoms with Crippen LogP contribution in [0.3, 0.4) is 0 Å². The molecule has 0 saturated heterocycles. The zero-order valence-corrected chi connectivity index (χ0v) is 17.2. The number of hydrogen-bond acceptors (Lipinski definition) is 6. The maximum Gasteiger partial charge on any atom is 0.161 e. The van der Waals surface area contributed by atoms with E-state index in [9.17, 15) is 0 Å². The van der Waals surface area contributed by atoms with Crippen LogP contribution in [0.15, 0.2) is 48.8 Å². The molecule has 2 heterocycles. The second kappa shape index (κ2) is 7.76. The van der Waals surface area contributed by atoms with Crippen molar-refractivity contribution in [1.82, 2.24) is 25.2 Å². The molecule has 0 saturated carbocycles. The molecule has 7 nitrogen and oxygen atoms in total. The summed E-state index contributed by atoms with van der Waals surface area (Å²) in [5, 5.41) is 14.2. The van der Waals surface area contributed by atoms with Crippen molar-refractivity contribution >= 4 is 28.2 Å². The van der Waals surface area contributed by atoms with Crippen molar-refractivity contribution in [3.63, 3.8) is 0 Å². The van der Waals surface area contributed by atoms with Crippen molar-refractivity contribution in [2.75, 3.05) is 23.8 Å². The van der Waals surface area contributed by atoms with E-state index in [1.54, 1.807) is 6.33 Å². The summed E-state index contributed by atoms with van der Waals surface area (Å²) >= 11 is 0. The van der Waals surface area contributed by atoms with Gasteiger partial charge in [-0.15, -0.1) is 0 Å². The first-order valence-electron chi connectivity index (χ1n) is 10.5. The van der Waals surface area contributed by atoms with Crippen LogP contribution >= 0.6 is 0 Å². The van der Waals surface area contributed by atoms with Gasteiger partial charge >= 0.3 is 0 Å². The van der Waals surface area contributed by atoms with Gasteiger partial charge in [0.05, 0.1) is 11.1 Å². The zero-order chi connectivity index (χ0) is 20.5. The molecule has 2 aromatic carbocycles. The molecule has 0 spiro atoms. The van der Waals surface area contributed by atoms with Gasteiger partial charge in [-0.25, -0.2) is 15.0 Å². The Kier molecular flexibility index (Phi) is 4.80. The minimum Gasteiger partial charge on any atom is -0.339 e. The molecule has 2 aromatic heterocycles. The Morgan fingerprint density at radius 2 is 1.67 bits per heavy atom. The van der Waals surface area contributed by atoms with Crippen molar-refractivity contribution in [2.45, 2.75) is 26.7 Å². The summed E-state index contributed by atoms with van der Waals surface area (Å²) in [5.74, 6) is 0.770. The number of hydrazine groups is 1. The van der Waals surface area contributed by atoms with Gasteiger partial charge in [0.15, 0.2) is 5.65 Å². The molecule has 4 aromatic rings. The van der Waals surface area contributed by atoms with Gasteiger partial charge in [-0.1, -0.05) is 44.2 Å². The molecule has 5 rings (SSSR count). The first-order chi connectivity index (χ1) is 14.8. The van der Waals surface area contributed by atoms with E-state index >= 15 is 0 Å². The fraction of sp³-hybridized carbons (Fsp3) is 0.261. The summed E-state index contributed by atoms with van der Waals surface area (Å²) in [6, 6.07) is 14.4. The second-order valence-electron chi connectivity index (χ2n) is 7.41. The van der Waals surface area contributed by atoms with E-state index in [0.717, 1.165) is 59.7 Å². The van der Waals surface area contributed by atoms with Crippen LogP contribution < -0.4 is 10.7 Å². The van der Waals surface area contributed by atoms with Crippen LogP contribution in [0.5, 0.6) is 0 Å². The van der Waals surface area contributed by atoms with Crippen LogP contribution in [0, 0.1) is 0 Å². The van der Waals surface area contributed by atoms with Gasteiger partial charge in [-0.05, 0) is 36.1 Å². The number of benzene rings is 2. The van der Waals surface area contributed by atoms with Gasteiger partial charge in [0, 0.05) is 24.3 Å². The van der Waals surface area contributed by atoms with Crippen molar-refractivity contribution in [3.8, 4) is 11.3 Å². The van der Waals surface area contributed by atoms with Crippen molar-refractivity contribution < 1.29 is 0 Å². The number of nitrogens with one attached hydrogen (secondary N) is 3. The summed E-state index contributed by atoms with van der Waals surface area (Å²) in [4.78, 5) is 8.91. The first kappa shape index (κ1) is 18.6. The molecule has 30 heavy (non-hydrogen) atoms. The topological polar surface area (TPSA) is 81.8 Å². The molecule has 7 heteroatoms. The molecule has 0 aliphatic heterocycles.